The molecule has 2 fully saturated rings. The molecule has 2 aromatic heterocycles. The Morgan fingerprint density at radius 3 is 2.67 bits per heavy atom. The number of imidazole rings is 1. The van der Waals surface area contributed by atoms with Crippen LogP contribution in [0.25, 0.3) is 5.65 Å². The third kappa shape index (κ3) is 5.21. The molecule has 0 spiro atoms. The summed E-state index contributed by atoms with van der Waals surface area (Å²) >= 11 is 0. The zero-order valence-electron chi connectivity index (χ0n) is 20.5. The van der Waals surface area contributed by atoms with Crippen LogP contribution in [0.2, 0.25) is 0 Å². The minimum Gasteiger partial charge on any atom is -0.396 e. The Morgan fingerprint density at radius 2 is 1.92 bits per heavy atom. The number of morpholine rings is 1. The van der Waals surface area contributed by atoms with E-state index in [0.717, 1.165) is 62.3 Å². The van der Waals surface area contributed by atoms with E-state index in [4.69, 9.17) is 14.8 Å². The van der Waals surface area contributed by atoms with Crippen molar-refractivity contribution in [3.63, 3.8) is 0 Å². The molecule has 0 aliphatic carbocycles. The van der Waals surface area contributed by atoms with E-state index in [9.17, 15) is 18.3 Å². The van der Waals surface area contributed by atoms with Crippen molar-refractivity contribution in [1.29, 1.82) is 0 Å². The van der Waals surface area contributed by atoms with Crippen molar-refractivity contribution in [2.45, 2.75) is 38.9 Å². The fourth-order valence-corrected chi connectivity index (χ4v) is 5.30. The summed E-state index contributed by atoms with van der Waals surface area (Å²) in [5.41, 5.74) is 2.52. The summed E-state index contributed by atoms with van der Waals surface area (Å²) in [6.45, 7) is 6.67. The lowest BCUT2D eigenvalue weighted by atomic mass is 9.97. The van der Waals surface area contributed by atoms with Gasteiger partial charge in [-0.3, -0.25) is 4.90 Å². The van der Waals surface area contributed by atoms with E-state index in [1.54, 1.807) is 10.6 Å². The maximum Gasteiger partial charge on any atom is 0.416 e. The highest BCUT2D eigenvalue weighted by Gasteiger charge is 2.33. The summed E-state index contributed by atoms with van der Waals surface area (Å²) in [5, 5.41) is 14.5. The number of piperidine rings is 1. The molecule has 1 N–H and O–H groups in total. The molecule has 2 saturated heterocycles. The molecule has 0 radical (unpaired) electrons. The molecule has 0 amide bonds. The first-order valence-electron chi connectivity index (χ1n) is 12.5. The maximum atomic E-state index is 13.6. The monoisotopic (exact) mass is 503 g/mol. The number of aromatic nitrogens is 3. The number of halogens is 3. The summed E-state index contributed by atoms with van der Waals surface area (Å²) < 4.78 is 48.1. The standard InChI is InChI=1S/C26H32F3N5O2/c1-18-20(5-2-6-21(18)26(27,28)29)14-23-22(16-32-9-3-4-19(15-32)17-35)30-24-7-8-25(31-34(23)24)33-10-12-36-13-11-33/h2,5-8,19,35H,3-4,9-17H2,1H3. The molecule has 10 heteroatoms. The molecule has 2 aliphatic heterocycles. The topological polar surface area (TPSA) is 66.1 Å². The second-order valence-corrected chi connectivity index (χ2v) is 9.76. The van der Waals surface area contributed by atoms with Crippen LogP contribution in [0.3, 0.4) is 0 Å². The van der Waals surface area contributed by atoms with Gasteiger partial charge in [0, 0.05) is 39.2 Å². The Labute approximate surface area is 208 Å². The lowest BCUT2D eigenvalue weighted by molar-refractivity contribution is -0.138. The number of aliphatic hydroxyl groups excluding tert-OH is 1. The van der Waals surface area contributed by atoms with Crippen LogP contribution < -0.4 is 4.90 Å². The molecule has 7 nitrogen and oxygen atoms in total. The Balaban J connectivity index is 1.54. The summed E-state index contributed by atoms with van der Waals surface area (Å²) in [6.07, 6.45) is -2.11. The van der Waals surface area contributed by atoms with E-state index >= 15 is 0 Å². The van der Waals surface area contributed by atoms with Crippen molar-refractivity contribution in [3.05, 3.63) is 58.4 Å². The maximum absolute atomic E-state index is 13.6. The number of ether oxygens (including phenoxy) is 1. The van der Waals surface area contributed by atoms with Gasteiger partial charge in [0.15, 0.2) is 5.65 Å². The normalized spacial score (nSPS) is 19.8. The number of likely N-dealkylation sites (tertiary alicyclic amines) is 1. The van der Waals surface area contributed by atoms with Crippen LogP contribution in [0.5, 0.6) is 0 Å². The Hall–Kier alpha value is -2.69. The fourth-order valence-electron chi connectivity index (χ4n) is 5.30. The molecule has 5 rings (SSSR count). The number of nitrogens with zero attached hydrogens (tertiary/aromatic N) is 5. The Bertz CT molecular complexity index is 1210. The molecule has 36 heavy (non-hydrogen) atoms. The largest absolute Gasteiger partial charge is 0.416 e. The molecule has 1 aromatic carbocycles. The van der Waals surface area contributed by atoms with Crippen LogP contribution in [0.1, 0.15) is 40.9 Å². The van der Waals surface area contributed by atoms with E-state index in [0.29, 0.717) is 37.4 Å². The van der Waals surface area contributed by atoms with Gasteiger partial charge in [-0.1, -0.05) is 12.1 Å². The molecule has 2 aliphatic rings. The van der Waals surface area contributed by atoms with Crippen LogP contribution >= 0.6 is 0 Å². The van der Waals surface area contributed by atoms with Gasteiger partial charge in [-0.15, -0.1) is 5.10 Å². The van der Waals surface area contributed by atoms with E-state index in [2.05, 4.69) is 9.80 Å². The summed E-state index contributed by atoms with van der Waals surface area (Å²) in [7, 11) is 0. The highest BCUT2D eigenvalue weighted by molar-refractivity contribution is 5.50. The molecule has 1 atom stereocenters. The van der Waals surface area contributed by atoms with Gasteiger partial charge < -0.3 is 14.7 Å². The van der Waals surface area contributed by atoms with E-state index in [1.807, 2.05) is 12.1 Å². The Kier molecular flexibility index (Phi) is 7.18. The van der Waals surface area contributed by atoms with Gasteiger partial charge >= 0.3 is 6.18 Å². The minimum absolute atomic E-state index is 0.155. The number of aliphatic hydroxyl groups is 1. The molecule has 0 bridgehead atoms. The summed E-state index contributed by atoms with van der Waals surface area (Å²) in [5.74, 6) is 1.03. The molecule has 1 unspecified atom stereocenters. The minimum atomic E-state index is -4.41. The first kappa shape index (κ1) is 25.0. The van der Waals surface area contributed by atoms with Crippen molar-refractivity contribution in [3.8, 4) is 0 Å². The molecular formula is C26H32F3N5O2. The van der Waals surface area contributed by atoms with Gasteiger partial charge in [0.1, 0.15) is 5.82 Å². The lowest BCUT2D eigenvalue weighted by Gasteiger charge is -2.31. The predicted molar refractivity (Wildman–Crippen MR) is 130 cm³/mol. The van der Waals surface area contributed by atoms with Crippen molar-refractivity contribution in [1.82, 2.24) is 19.5 Å². The zero-order valence-corrected chi connectivity index (χ0v) is 20.5. The van der Waals surface area contributed by atoms with Crippen LogP contribution in [-0.4, -0.2) is 70.6 Å². The second kappa shape index (κ2) is 10.4. The highest BCUT2D eigenvalue weighted by atomic mass is 19.4. The third-order valence-corrected chi connectivity index (χ3v) is 7.32. The van der Waals surface area contributed by atoms with Gasteiger partial charge in [-0.05, 0) is 61.6 Å². The number of hydrogen-bond acceptors (Lipinski definition) is 6. The molecular weight excluding hydrogens is 471 g/mol. The van der Waals surface area contributed by atoms with Gasteiger partial charge in [0.05, 0.1) is 30.2 Å². The quantitative estimate of drug-likeness (QED) is 0.554. The number of alkyl halides is 3. The highest BCUT2D eigenvalue weighted by Crippen LogP contribution is 2.34. The first-order valence-corrected chi connectivity index (χ1v) is 12.5. The van der Waals surface area contributed by atoms with Crippen LogP contribution in [-0.2, 0) is 23.9 Å². The SMILES string of the molecule is Cc1c(Cc2c(CN3CCCC(CO)C3)nc3ccc(N4CCOCC4)nn23)cccc1C(F)(F)F. The molecule has 0 saturated carbocycles. The fraction of sp³-hybridized carbons (Fsp3) is 0.538. The molecule has 3 aromatic rings. The second-order valence-electron chi connectivity index (χ2n) is 9.76. The number of rotatable bonds is 6. The van der Waals surface area contributed by atoms with Gasteiger partial charge in [-0.2, -0.15) is 13.2 Å². The zero-order chi connectivity index (χ0) is 25.3. The van der Waals surface area contributed by atoms with E-state index < -0.39 is 11.7 Å². The average Bonchev–Trinajstić information content (AvgIpc) is 3.21. The number of anilines is 1. The first-order chi connectivity index (χ1) is 17.3. The van der Waals surface area contributed by atoms with Crippen LogP contribution in [0.15, 0.2) is 30.3 Å². The third-order valence-electron chi connectivity index (χ3n) is 7.32. The van der Waals surface area contributed by atoms with Crippen LogP contribution in [0.4, 0.5) is 19.0 Å². The summed E-state index contributed by atoms with van der Waals surface area (Å²) in [4.78, 5) is 9.30. The van der Waals surface area contributed by atoms with Crippen molar-refractivity contribution < 1.29 is 23.0 Å². The predicted octanol–water partition coefficient (Wildman–Crippen LogP) is 3.69. The van der Waals surface area contributed by atoms with Gasteiger partial charge in [0.2, 0.25) is 0 Å². The Morgan fingerprint density at radius 1 is 1.11 bits per heavy atom. The van der Waals surface area contributed by atoms with Crippen molar-refractivity contribution in [2.75, 3.05) is 50.9 Å². The van der Waals surface area contributed by atoms with E-state index in [1.165, 1.54) is 13.0 Å². The van der Waals surface area contributed by atoms with E-state index in [-0.39, 0.29) is 18.1 Å². The van der Waals surface area contributed by atoms with Crippen molar-refractivity contribution in [2.24, 2.45) is 5.92 Å². The molecule has 4 heterocycles. The smallest absolute Gasteiger partial charge is 0.396 e. The van der Waals surface area contributed by atoms with Gasteiger partial charge in [0.25, 0.3) is 0 Å². The lowest BCUT2D eigenvalue weighted by Crippen LogP contribution is -2.37. The number of fused-ring (bicyclic) bond motifs is 1. The number of hydrogen-bond donors (Lipinski definition) is 1. The number of benzene rings is 1. The summed E-state index contributed by atoms with van der Waals surface area (Å²) in [6, 6.07) is 8.22. The van der Waals surface area contributed by atoms with Crippen molar-refractivity contribution >= 4 is 11.5 Å². The van der Waals surface area contributed by atoms with Gasteiger partial charge in [-0.25, -0.2) is 9.50 Å². The molecule has 194 valence electrons. The average molecular weight is 504 g/mol. The van der Waals surface area contributed by atoms with Crippen LogP contribution in [0, 0.1) is 12.8 Å².